The van der Waals surface area contributed by atoms with E-state index in [1.165, 1.54) is 0 Å². The van der Waals surface area contributed by atoms with Crippen LogP contribution < -0.4 is 0 Å². The van der Waals surface area contributed by atoms with E-state index >= 15 is 0 Å². The average Bonchev–Trinajstić information content (AvgIpc) is 2.16. The largest absolute Gasteiger partial charge is 0.369 e. The summed E-state index contributed by atoms with van der Waals surface area (Å²) in [5.74, 6) is 0. The minimum atomic E-state index is 0.188. The van der Waals surface area contributed by atoms with Crippen molar-refractivity contribution in [2.75, 3.05) is 6.61 Å². The van der Waals surface area contributed by atoms with Gasteiger partial charge in [-0.25, -0.2) is 0 Å². The second-order valence-corrected chi connectivity index (χ2v) is 3.77. The Kier molecular flexibility index (Phi) is 0.965. The van der Waals surface area contributed by atoms with E-state index in [9.17, 15) is 0 Å². The Morgan fingerprint density at radius 1 is 1.38 bits per heavy atom. The highest BCUT2D eigenvalue weighted by Gasteiger charge is 2.49. The maximum absolute atomic E-state index is 5.26. The van der Waals surface area contributed by atoms with Crippen molar-refractivity contribution in [1.29, 1.82) is 0 Å². The van der Waals surface area contributed by atoms with Gasteiger partial charge in [0.15, 0.2) is 0 Å². The number of rotatable bonds is 0. The van der Waals surface area contributed by atoms with E-state index in [0.717, 1.165) is 6.61 Å². The molecule has 1 unspecified atom stereocenters. The van der Waals surface area contributed by atoms with Gasteiger partial charge < -0.3 is 4.74 Å². The molecule has 0 aromatic heterocycles. The molecule has 0 aromatic carbocycles. The maximum Gasteiger partial charge on any atom is 0.0936 e. The van der Waals surface area contributed by atoms with Gasteiger partial charge >= 0.3 is 0 Å². The molecule has 0 spiro atoms. The fourth-order valence-electron chi connectivity index (χ4n) is 0.541. The van der Waals surface area contributed by atoms with Crippen molar-refractivity contribution in [2.24, 2.45) is 5.41 Å². The van der Waals surface area contributed by atoms with E-state index in [4.69, 9.17) is 4.74 Å². The second kappa shape index (κ2) is 1.27. The van der Waals surface area contributed by atoms with Crippen molar-refractivity contribution >= 4 is 0 Å². The van der Waals surface area contributed by atoms with Gasteiger partial charge in [-0.05, 0) is 12.3 Å². The highest BCUT2D eigenvalue weighted by Crippen LogP contribution is 2.43. The van der Waals surface area contributed by atoms with E-state index < -0.39 is 0 Å². The molecule has 0 aliphatic carbocycles. The van der Waals surface area contributed by atoms with Gasteiger partial charge in [0.05, 0.1) is 12.2 Å². The first kappa shape index (κ1) is 6.09. The lowest BCUT2D eigenvalue weighted by Gasteiger charge is -2.22. The highest BCUT2D eigenvalue weighted by atomic mass is 16.6. The molecule has 1 heteroatoms. The summed E-state index contributed by atoms with van der Waals surface area (Å²) in [4.78, 5) is 0. The van der Waals surface area contributed by atoms with Crippen molar-refractivity contribution < 1.29 is 4.74 Å². The van der Waals surface area contributed by atoms with Crippen molar-refractivity contribution in [3.8, 4) is 0 Å². The van der Waals surface area contributed by atoms with Gasteiger partial charge in [0.2, 0.25) is 0 Å². The van der Waals surface area contributed by atoms with Crippen LogP contribution in [-0.4, -0.2) is 12.2 Å². The Morgan fingerprint density at radius 2 is 1.75 bits per heavy atom. The third kappa shape index (κ3) is 0.752. The zero-order valence-corrected chi connectivity index (χ0v) is 6.12. The Morgan fingerprint density at radius 3 is 1.75 bits per heavy atom. The van der Waals surface area contributed by atoms with Crippen LogP contribution >= 0.6 is 0 Å². The molecule has 0 saturated carbocycles. The molecular formula is C7H14O. The summed E-state index contributed by atoms with van der Waals surface area (Å²) in [5, 5.41) is 0. The summed E-state index contributed by atoms with van der Waals surface area (Å²) < 4.78 is 5.26. The average molecular weight is 114 g/mol. The summed E-state index contributed by atoms with van der Waals surface area (Å²) >= 11 is 0. The summed E-state index contributed by atoms with van der Waals surface area (Å²) in [7, 11) is 0. The molecular weight excluding hydrogens is 100 g/mol. The van der Waals surface area contributed by atoms with Gasteiger partial charge in [0, 0.05) is 0 Å². The molecule has 0 radical (unpaired) electrons. The van der Waals surface area contributed by atoms with Crippen LogP contribution in [0, 0.1) is 5.41 Å². The molecule has 1 fully saturated rings. The lowest BCUT2D eigenvalue weighted by molar-refractivity contribution is 0.173. The Balaban J connectivity index is 2.58. The van der Waals surface area contributed by atoms with Crippen molar-refractivity contribution in [3.63, 3.8) is 0 Å². The summed E-state index contributed by atoms with van der Waals surface area (Å²) in [6.45, 7) is 9.73. The lowest BCUT2D eigenvalue weighted by Crippen LogP contribution is -2.26. The number of hydrogen-bond acceptors (Lipinski definition) is 1. The number of epoxide rings is 1. The zero-order valence-electron chi connectivity index (χ0n) is 6.12. The molecule has 8 heavy (non-hydrogen) atoms. The van der Waals surface area contributed by atoms with E-state index in [1.54, 1.807) is 0 Å². The van der Waals surface area contributed by atoms with Gasteiger partial charge in [-0.3, -0.25) is 0 Å². The molecule has 1 nitrogen and oxygen atoms in total. The van der Waals surface area contributed by atoms with Crippen LogP contribution in [0.25, 0.3) is 0 Å². The van der Waals surface area contributed by atoms with E-state index in [1.807, 2.05) is 0 Å². The van der Waals surface area contributed by atoms with E-state index in [-0.39, 0.29) is 5.60 Å². The van der Waals surface area contributed by atoms with Crippen LogP contribution in [0.2, 0.25) is 0 Å². The standard InChI is InChI=1S/C7H14O/c1-6(2,3)7(4)5-8-7/h5H2,1-4H3. The molecule has 1 atom stereocenters. The van der Waals surface area contributed by atoms with Gasteiger partial charge in [0.25, 0.3) is 0 Å². The van der Waals surface area contributed by atoms with Crippen LogP contribution in [0.5, 0.6) is 0 Å². The molecule has 1 aliphatic heterocycles. The molecule has 1 aliphatic rings. The predicted octanol–water partition coefficient (Wildman–Crippen LogP) is 1.82. The third-order valence-corrected chi connectivity index (χ3v) is 2.16. The molecule has 1 heterocycles. The maximum atomic E-state index is 5.26. The first-order valence-electron chi connectivity index (χ1n) is 3.10. The fraction of sp³-hybridized carbons (Fsp3) is 1.00. The number of hydrogen-bond donors (Lipinski definition) is 0. The first-order valence-corrected chi connectivity index (χ1v) is 3.10. The van der Waals surface area contributed by atoms with Crippen molar-refractivity contribution in [1.82, 2.24) is 0 Å². The summed E-state index contributed by atoms with van der Waals surface area (Å²) in [6, 6.07) is 0. The van der Waals surface area contributed by atoms with E-state index in [0.29, 0.717) is 5.41 Å². The highest BCUT2D eigenvalue weighted by molar-refractivity contribution is 4.97. The Labute approximate surface area is 51.0 Å². The molecule has 0 N–H and O–H groups in total. The fourth-order valence-corrected chi connectivity index (χ4v) is 0.541. The topological polar surface area (TPSA) is 12.5 Å². The predicted molar refractivity (Wildman–Crippen MR) is 33.8 cm³/mol. The second-order valence-electron chi connectivity index (χ2n) is 3.77. The van der Waals surface area contributed by atoms with Gasteiger partial charge in [-0.15, -0.1) is 0 Å². The molecule has 1 rings (SSSR count). The molecule has 0 aromatic rings. The van der Waals surface area contributed by atoms with Crippen LogP contribution in [0.3, 0.4) is 0 Å². The van der Waals surface area contributed by atoms with Gasteiger partial charge in [-0.2, -0.15) is 0 Å². The van der Waals surface area contributed by atoms with Crippen molar-refractivity contribution in [2.45, 2.75) is 33.3 Å². The van der Waals surface area contributed by atoms with Crippen LogP contribution in [0.15, 0.2) is 0 Å². The molecule has 48 valence electrons. The quantitative estimate of drug-likeness (QED) is 0.438. The van der Waals surface area contributed by atoms with E-state index in [2.05, 4.69) is 27.7 Å². The van der Waals surface area contributed by atoms with Crippen LogP contribution in [-0.2, 0) is 4.74 Å². The molecule has 1 saturated heterocycles. The Bertz CT molecular complexity index is 92.2. The van der Waals surface area contributed by atoms with Crippen molar-refractivity contribution in [3.05, 3.63) is 0 Å². The van der Waals surface area contributed by atoms with Gasteiger partial charge in [0.1, 0.15) is 0 Å². The monoisotopic (exact) mass is 114 g/mol. The van der Waals surface area contributed by atoms with Crippen LogP contribution in [0.1, 0.15) is 27.7 Å². The number of ether oxygens (including phenoxy) is 1. The first-order chi connectivity index (χ1) is 3.46. The third-order valence-electron chi connectivity index (χ3n) is 2.16. The summed E-state index contributed by atoms with van der Waals surface area (Å²) in [6.07, 6.45) is 0. The zero-order chi connectivity index (χ0) is 6.41. The van der Waals surface area contributed by atoms with Crippen LogP contribution in [0.4, 0.5) is 0 Å². The van der Waals surface area contributed by atoms with Gasteiger partial charge in [-0.1, -0.05) is 20.8 Å². The minimum absolute atomic E-state index is 0.188. The smallest absolute Gasteiger partial charge is 0.0936 e. The normalized spacial score (nSPS) is 37.5. The SMILES string of the molecule is CC(C)(C)C1(C)CO1. The Hall–Kier alpha value is -0.0400. The molecule has 0 bridgehead atoms. The lowest BCUT2D eigenvalue weighted by atomic mass is 9.82. The minimum Gasteiger partial charge on any atom is -0.369 e. The molecule has 0 amide bonds. The summed E-state index contributed by atoms with van der Waals surface area (Å²) in [5.41, 5.74) is 0.514.